The Morgan fingerprint density at radius 3 is 2.45 bits per heavy atom. The number of phenols is 1. The minimum absolute atomic E-state index is 0.00112. The van der Waals surface area contributed by atoms with E-state index in [9.17, 15) is 13.5 Å². The van der Waals surface area contributed by atoms with E-state index in [2.05, 4.69) is 18.7 Å². The number of aromatic hydroxyl groups is 1. The zero-order chi connectivity index (χ0) is 21.2. The standard InChI is InChI=1S/C22H30N2O3S2/c1-5-7-13-22(6-2)16-24(17-11-9-8-10-12-17)18-14-20(28-4)19(25)15-21(18)29(26,27)23(22)3/h8-12,14-15,25H,5-7,13,16H2,1-4H3. The zero-order valence-electron chi connectivity index (χ0n) is 17.6. The Balaban J connectivity index is 2.31. The van der Waals surface area contributed by atoms with Crippen LogP contribution in [0.1, 0.15) is 39.5 Å². The van der Waals surface area contributed by atoms with Crippen LogP contribution in [0.15, 0.2) is 52.3 Å². The molecule has 0 aromatic heterocycles. The lowest BCUT2D eigenvalue weighted by molar-refractivity contribution is 0.198. The fourth-order valence-electron chi connectivity index (χ4n) is 4.09. The van der Waals surface area contributed by atoms with Crippen molar-refractivity contribution in [3.05, 3.63) is 42.5 Å². The third-order valence-corrected chi connectivity index (χ3v) is 8.79. The molecule has 1 heterocycles. The van der Waals surface area contributed by atoms with Crippen LogP contribution in [0.5, 0.6) is 5.75 Å². The van der Waals surface area contributed by atoms with Gasteiger partial charge in [-0.25, -0.2) is 8.42 Å². The average Bonchev–Trinajstić information content (AvgIpc) is 2.80. The zero-order valence-corrected chi connectivity index (χ0v) is 19.2. The lowest BCUT2D eigenvalue weighted by atomic mass is 9.88. The van der Waals surface area contributed by atoms with E-state index >= 15 is 0 Å². The normalized spacial score (nSPS) is 21.6. The van der Waals surface area contributed by atoms with Gasteiger partial charge in [-0.3, -0.25) is 0 Å². The molecule has 0 radical (unpaired) electrons. The van der Waals surface area contributed by atoms with Gasteiger partial charge in [0, 0.05) is 25.3 Å². The van der Waals surface area contributed by atoms with E-state index in [-0.39, 0.29) is 10.6 Å². The Morgan fingerprint density at radius 2 is 1.86 bits per heavy atom. The van der Waals surface area contributed by atoms with Gasteiger partial charge < -0.3 is 10.0 Å². The van der Waals surface area contributed by atoms with Gasteiger partial charge in [0.25, 0.3) is 0 Å². The highest BCUT2D eigenvalue weighted by atomic mass is 32.2. The van der Waals surface area contributed by atoms with E-state index in [1.807, 2.05) is 36.6 Å². The molecule has 7 heteroatoms. The molecule has 0 amide bonds. The number of unbranched alkanes of at least 4 members (excludes halogenated alkanes) is 1. The highest BCUT2D eigenvalue weighted by Gasteiger charge is 2.46. The van der Waals surface area contributed by atoms with Crippen LogP contribution in [0.3, 0.4) is 0 Å². The first-order valence-corrected chi connectivity index (χ1v) is 12.7. The van der Waals surface area contributed by atoms with Crippen LogP contribution < -0.4 is 4.90 Å². The van der Waals surface area contributed by atoms with Crippen LogP contribution in [-0.2, 0) is 10.0 Å². The molecule has 1 N–H and O–H groups in total. The van der Waals surface area contributed by atoms with Gasteiger partial charge in [0.2, 0.25) is 10.0 Å². The maximum absolute atomic E-state index is 13.7. The van der Waals surface area contributed by atoms with Crippen LogP contribution in [-0.4, -0.2) is 43.2 Å². The summed E-state index contributed by atoms with van der Waals surface area (Å²) in [6, 6.07) is 13.1. The lowest BCUT2D eigenvalue weighted by Gasteiger charge is -2.41. The topological polar surface area (TPSA) is 60.9 Å². The molecule has 1 atom stereocenters. The van der Waals surface area contributed by atoms with Crippen molar-refractivity contribution in [2.75, 3.05) is 24.7 Å². The van der Waals surface area contributed by atoms with E-state index in [1.165, 1.54) is 17.8 Å². The molecule has 5 nitrogen and oxygen atoms in total. The van der Waals surface area contributed by atoms with Gasteiger partial charge in [-0.05, 0) is 37.3 Å². The molecule has 29 heavy (non-hydrogen) atoms. The number of fused-ring (bicyclic) bond motifs is 1. The number of rotatable bonds is 6. The predicted molar refractivity (Wildman–Crippen MR) is 121 cm³/mol. The van der Waals surface area contributed by atoms with Crippen molar-refractivity contribution in [1.29, 1.82) is 0 Å². The van der Waals surface area contributed by atoms with Crippen molar-refractivity contribution in [2.45, 2.75) is 54.9 Å². The van der Waals surface area contributed by atoms with Crippen LogP contribution in [0.4, 0.5) is 11.4 Å². The lowest BCUT2D eigenvalue weighted by Crippen LogP contribution is -2.53. The Kier molecular flexibility index (Phi) is 6.51. The third kappa shape index (κ3) is 3.88. The van der Waals surface area contributed by atoms with Crippen LogP contribution in [0.2, 0.25) is 0 Å². The monoisotopic (exact) mass is 434 g/mol. The average molecular weight is 435 g/mol. The summed E-state index contributed by atoms with van der Waals surface area (Å²) in [7, 11) is -2.09. The number of nitrogens with zero attached hydrogens (tertiary/aromatic N) is 2. The van der Waals surface area contributed by atoms with Gasteiger partial charge in [0.1, 0.15) is 10.6 Å². The number of anilines is 2. The second-order valence-electron chi connectivity index (χ2n) is 7.57. The van der Waals surface area contributed by atoms with E-state index in [1.54, 1.807) is 17.4 Å². The van der Waals surface area contributed by atoms with Crippen LogP contribution in [0.25, 0.3) is 0 Å². The molecule has 0 bridgehead atoms. The van der Waals surface area contributed by atoms with Crippen molar-refractivity contribution < 1.29 is 13.5 Å². The molecule has 158 valence electrons. The summed E-state index contributed by atoms with van der Waals surface area (Å²) in [5.74, 6) is -0.00112. The van der Waals surface area contributed by atoms with Gasteiger partial charge in [0.15, 0.2) is 0 Å². The molecule has 1 unspecified atom stereocenters. The highest BCUT2D eigenvalue weighted by molar-refractivity contribution is 7.98. The molecular formula is C22H30N2O3S2. The number of likely N-dealkylation sites (N-methyl/N-ethyl adjacent to an activating group) is 1. The van der Waals surface area contributed by atoms with E-state index in [0.717, 1.165) is 24.9 Å². The molecule has 0 fully saturated rings. The second-order valence-corrected chi connectivity index (χ2v) is 10.4. The number of para-hydroxylation sites is 1. The minimum Gasteiger partial charge on any atom is -0.507 e. The SMILES string of the molecule is CCCCC1(CC)CN(c2ccccc2)c2cc(SC)c(O)cc2S(=O)(=O)N1C. The van der Waals surface area contributed by atoms with Crippen molar-refractivity contribution in [3.63, 3.8) is 0 Å². The Morgan fingerprint density at radius 1 is 1.17 bits per heavy atom. The smallest absolute Gasteiger partial charge is 0.245 e. The molecule has 0 spiro atoms. The highest BCUT2D eigenvalue weighted by Crippen LogP contribution is 2.46. The minimum atomic E-state index is -3.77. The fraction of sp³-hybridized carbons (Fsp3) is 0.455. The summed E-state index contributed by atoms with van der Waals surface area (Å²) in [6.07, 6.45) is 5.33. The van der Waals surface area contributed by atoms with Gasteiger partial charge in [-0.1, -0.05) is 44.9 Å². The summed E-state index contributed by atoms with van der Waals surface area (Å²) < 4.78 is 28.9. The van der Waals surface area contributed by atoms with Crippen LogP contribution in [0, 0.1) is 0 Å². The fourth-order valence-corrected chi connectivity index (χ4v) is 6.37. The first-order chi connectivity index (χ1) is 13.8. The van der Waals surface area contributed by atoms with Gasteiger partial charge in [-0.2, -0.15) is 4.31 Å². The summed E-state index contributed by atoms with van der Waals surface area (Å²) in [6.45, 7) is 4.75. The van der Waals surface area contributed by atoms with Crippen molar-refractivity contribution >= 4 is 33.2 Å². The summed E-state index contributed by atoms with van der Waals surface area (Å²) in [5.41, 5.74) is 1.04. The maximum atomic E-state index is 13.7. The van der Waals surface area contributed by atoms with Gasteiger partial charge in [-0.15, -0.1) is 11.8 Å². The molecule has 0 saturated carbocycles. The Bertz CT molecular complexity index is 964. The molecule has 2 aromatic rings. The summed E-state index contributed by atoms with van der Waals surface area (Å²) in [4.78, 5) is 2.93. The number of benzene rings is 2. The van der Waals surface area contributed by atoms with Gasteiger partial charge >= 0.3 is 0 Å². The van der Waals surface area contributed by atoms with Crippen molar-refractivity contribution in [1.82, 2.24) is 4.31 Å². The van der Waals surface area contributed by atoms with E-state index in [4.69, 9.17) is 0 Å². The first kappa shape index (κ1) is 22.0. The molecule has 2 aromatic carbocycles. The van der Waals surface area contributed by atoms with Crippen molar-refractivity contribution in [2.24, 2.45) is 0 Å². The molecule has 1 aliphatic rings. The third-order valence-electron chi connectivity index (χ3n) is 6.03. The second kappa shape index (κ2) is 8.58. The molecular weight excluding hydrogens is 404 g/mol. The largest absolute Gasteiger partial charge is 0.507 e. The molecule has 0 saturated heterocycles. The number of phenolic OH excluding ortho intramolecular Hbond substituents is 1. The number of thioether (sulfide) groups is 1. The van der Waals surface area contributed by atoms with E-state index in [0.29, 0.717) is 23.5 Å². The molecule has 0 aliphatic carbocycles. The number of hydrogen-bond acceptors (Lipinski definition) is 5. The van der Waals surface area contributed by atoms with Crippen molar-refractivity contribution in [3.8, 4) is 5.75 Å². The number of hydrogen-bond donors (Lipinski definition) is 1. The molecule has 1 aliphatic heterocycles. The molecule has 3 rings (SSSR count). The Labute approximate surface area is 178 Å². The summed E-state index contributed by atoms with van der Waals surface area (Å²) in [5, 5.41) is 10.4. The quantitative estimate of drug-likeness (QED) is 0.631. The van der Waals surface area contributed by atoms with Crippen LogP contribution >= 0.6 is 11.8 Å². The first-order valence-electron chi connectivity index (χ1n) is 10.0. The number of sulfonamides is 1. The van der Waals surface area contributed by atoms with Gasteiger partial charge in [0.05, 0.1) is 16.1 Å². The maximum Gasteiger partial charge on any atom is 0.245 e. The van der Waals surface area contributed by atoms with E-state index < -0.39 is 15.6 Å². The predicted octanol–water partition coefficient (Wildman–Crippen LogP) is 5.23. The summed E-state index contributed by atoms with van der Waals surface area (Å²) >= 11 is 1.41. The Hall–Kier alpha value is -1.70.